The minimum Gasteiger partial charge on any atom is -0.491 e. The lowest BCUT2D eigenvalue weighted by Crippen LogP contribution is -2.40. The van der Waals surface area contributed by atoms with Gasteiger partial charge in [0.25, 0.3) is 0 Å². The van der Waals surface area contributed by atoms with E-state index < -0.39 is 6.04 Å². The Kier molecular flexibility index (Phi) is 5.57. The second kappa shape index (κ2) is 6.75. The molecule has 1 rings (SSSR count). The number of aryl methyl sites for hydroxylation is 1. The van der Waals surface area contributed by atoms with Crippen molar-refractivity contribution in [2.75, 3.05) is 20.8 Å². The molecular weight excluding hydrogens is 254 g/mol. The first-order valence-corrected chi connectivity index (χ1v) is 6.78. The predicted molar refractivity (Wildman–Crippen MR) is 80.2 cm³/mol. The molecular formula is C16H25NO3. The lowest BCUT2D eigenvalue weighted by atomic mass is 9.86. The predicted octanol–water partition coefficient (Wildman–Crippen LogP) is 2.43. The van der Waals surface area contributed by atoms with Crippen molar-refractivity contribution in [2.24, 2.45) is 0 Å². The van der Waals surface area contributed by atoms with Gasteiger partial charge in [0.05, 0.1) is 7.11 Å². The molecule has 0 aliphatic rings. The maximum atomic E-state index is 11.5. The third-order valence-corrected chi connectivity index (χ3v) is 3.28. The second-order valence-electron chi connectivity index (χ2n) is 5.91. The lowest BCUT2D eigenvalue weighted by molar-refractivity contribution is -0.143. The minimum atomic E-state index is -0.457. The molecule has 0 saturated carbocycles. The number of ether oxygens (including phenoxy) is 2. The van der Waals surface area contributed by atoms with E-state index in [1.54, 1.807) is 7.05 Å². The maximum Gasteiger partial charge on any atom is 0.326 e. The van der Waals surface area contributed by atoms with Crippen molar-refractivity contribution in [3.63, 3.8) is 0 Å². The standard InChI is InChI=1S/C16H25NO3/c1-11-9-12(16(2,3)4)7-8-14(11)20-10-13(17-5)15(18)19-6/h7-9,13,17H,10H2,1-6H3. The van der Waals surface area contributed by atoms with Gasteiger partial charge >= 0.3 is 5.97 Å². The number of likely N-dealkylation sites (N-methyl/N-ethyl adjacent to an activating group) is 1. The average Bonchev–Trinajstić information content (AvgIpc) is 2.39. The Morgan fingerprint density at radius 3 is 2.45 bits per heavy atom. The van der Waals surface area contributed by atoms with Gasteiger partial charge in [-0.05, 0) is 36.6 Å². The third-order valence-electron chi connectivity index (χ3n) is 3.28. The Morgan fingerprint density at radius 2 is 2.00 bits per heavy atom. The van der Waals surface area contributed by atoms with E-state index in [4.69, 9.17) is 9.47 Å². The summed E-state index contributed by atoms with van der Waals surface area (Å²) in [5.41, 5.74) is 2.45. The van der Waals surface area contributed by atoms with Crippen LogP contribution in [0, 0.1) is 6.92 Å². The summed E-state index contributed by atoms with van der Waals surface area (Å²) >= 11 is 0. The molecule has 0 fully saturated rings. The van der Waals surface area contributed by atoms with E-state index in [0.29, 0.717) is 0 Å². The van der Waals surface area contributed by atoms with Crippen LogP contribution in [0.25, 0.3) is 0 Å². The van der Waals surface area contributed by atoms with Crippen LogP contribution in [-0.2, 0) is 14.9 Å². The molecule has 1 aromatic carbocycles. The summed E-state index contributed by atoms with van der Waals surface area (Å²) < 4.78 is 10.4. The molecule has 0 aromatic heterocycles. The molecule has 0 radical (unpaired) electrons. The number of methoxy groups -OCH3 is 1. The zero-order valence-corrected chi connectivity index (χ0v) is 13.2. The molecule has 0 aliphatic carbocycles. The number of hydrogen-bond acceptors (Lipinski definition) is 4. The number of esters is 1. The summed E-state index contributed by atoms with van der Waals surface area (Å²) in [7, 11) is 3.08. The summed E-state index contributed by atoms with van der Waals surface area (Å²) in [5.74, 6) is 0.471. The first-order chi connectivity index (χ1) is 9.29. The first-order valence-electron chi connectivity index (χ1n) is 6.78. The van der Waals surface area contributed by atoms with Crippen LogP contribution in [0.15, 0.2) is 18.2 Å². The van der Waals surface area contributed by atoms with Gasteiger partial charge in [0.2, 0.25) is 0 Å². The summed E-state index contributed by atoms with van der Waals surface area (Å²) in [5, 5.41) is 2.88. The molecule has 4 nitrogen and oxygen atoms in total. The molecule has 0 heterocycles. The third kappa shape index (κ3) is 4.23. The van der Waals surface area contributed by atoms with Crippen molar-refractivity contribution < 1.29 is 14.3 Å². The Hall–Kier alpha value is -1.55. The van der Waals surface area contributed by atoms with Gasteiger partial charge < -0.3 is 14.8 Å². The van der Waals surface area contributed by atoms with E-state index in [1.165, 1.54) is 12.7 Å². The van der Waals surface area contributed by atoms with Gasteiger partial charge in [0, 0.05) is 0 Å². The molecule has 1 aromatic rings. The summed E-state index contributed by atoms with van der Waals surface area (Å²) in [6, 6.07) is 5.69. The molecule has 0 bridgehead atoms. The molecule has 0 amide bonds. The summed E-state index contributed by atoms with van der Waals surface area (Å²) in [6.45, 7) is 8.79. The van der Waals surface area contributed by atoms with Crippen molar-refractivity contribution in [3.8, 4) is 5.75 Å². The highest BCUT2D eigenvalue weighted by atomic mass is 16.5. The van der Waals surface area contributed by atoms with Gasteiger partial charge in [-0.15, -0.1) is 0 Å². The zero-order valence-electron chi connectivity index (χ0n) is 13.2. The fourth-order valence-electron chi connectivity index (χ4n) is 1.86. The van der Waals surface area contributed by atoms with Crippen molar-refractivity contribution in [3.05, 3.63) is 29.3 Å². The van der Waals surface area contributed by atoms with Crippen LogP contribution in [0.3, 0.4) is 0 Å². The minimum absolute atomic E-state index is 0.114. The highest BCUT2D eigenvalue weighted by Gasteiger charge is 2.19. The van der Waals surface area contributed by atoms with Gasteiger partial charge in [-0.3, -0.25) is 4.79 Å². The fraction of sp³-hybridized carbons (Fsp3) is 0.562. The van der Waals surface area contributed by atoms with Crippen LogP contribution in [0.2, 0.25) is 0 Å². The van der Waals surface area contributed by atoms with Crippen LogP contribution < -0.4 is 10.1 Å². The van der Waals surface area contributed by atoms with Gasteiger partial charge in [-0.2, -0.15) is 0 Å². The van der Waals surface area contributed by atoms with Crippen LogP contribution in [0.1, 0.15) is 31.9 Å². The Morgan fingerprint density at radius 1 is 1.35 bits per heavy atom. The molecule has 1 unspecified atom stereocenters. The van der Waals surface area contributed by atoms with E-state index in [1.807, 2.05) is 13.0 Å². The maximum absolute atomic E-state index is 11.5. The van der Waals surface area contributed by atoms with Gasteiger partial charge in [-0.1, -0.05) is 32.9 Å². The number of carbonyl (C=O) groups is 1. The molecule has 0 aliphatic heterocycles. The fourth-order valence-corrected chi connectivity index (χ4v) is 1.86. The quantitative estimate of drug-likeness (QED) is 0.841. The van der Waals surface area contributed by atoms with Gasteiger partial charge in [0.15, 0.2) is 0 Å². The number of benzene rings is 1. The van der Waals surface area contributed by atoms with Gasteiger partial charge in [-0.25, -0.2) is 0 Å². The zero-order chi connectivity index (χ0) is 15.3. The van der Waals surface area contributed by atoms with Crippen molar-refractivity contribution in [1.82, 2.24) is 5.32 Å². The summed E-state index contributed by atoms with van der Waals surface area (Å²) in [6.07, 6.45) is 0. The smallest absolute Gasteiger partial charge is 0.326 e. The second-order valence-corrected chi connectivity index (χ2v) is 5.91. The normalized spacial score (nSPS) is 12.9. The van der Waals surface area contributed by atoms with Crippen molar-refractivity contribution in [2.45, 2.75) is 39.2 Å². The number of rotatable bonds is 5. The van der Waals surface area contributed by atoms with E-state index in [2.05, 4.69) is 38.2 Å². The molecule has 0 saturated heterocycles. The Balaban J connectivity index is 2.77. The number of nitrogens with one attached hydrogen (secondary N) is 1. The SMILES string of the molecule is CNC(COc1ccc(C(C)(C)C)cc1C)C(=O)OC. The van der Waals surface area contributed by atoms with E-state index in [9.17, 15) is 4.79 Å². The van der Waals surface area contributed by atoms with Crippen molar-refractivity contribution in [1.29, 1.82) is 0 Å². The molecule has 1 N–H and O–H groups in total. The van der Waals surface area contributed by atoms with Crippen LogP contribution in [-0.4, -0.2) is 32.8 Å². The molecule has 4 heteroatoms. The molecule has 1 atom stereocenters. The van der Waals surface area contributed by atoms with E-state index in [-0.39, 0.29) is 18.0 Å². The summed E-state index contributed by atoms with van der Waals surface area (Å²) in [4.78, 5) is 11.5. The highest BCUT2D eigenvalue weighted by Crippen LogP contribution is 2.27. The number of hydrogen-bond donors (Lipinski definition) is 1. The first kappa shape index (κ1) is 16.5. The molecule has 112 valence electrons. The largest absolute Gasteiger partial charge is 0.491 e. The van der Waals surface area contributed by atoms with Crippen LogP contribution >= 0.6 is 0 Å². The van der Waals surface area contributed by atoms with Crippen molar-refractivity contribution >= 4 is 5.97 Å². The Labute approximate surface area is 121 Å². The van der Waals surface area contributed by atoms with Crippen LogP contribution in [0.4, 0.5) is 0 Å². The number of carbonyl (C=O) groups excluding carboxylic acids is 1. The lowest BCUT2D eigenvalue weighted by Gasteiger charge is -2.21. The Bertz CT molecular complexity index is 463. The van der Waals surface area contributed by atoms with Gasteiger partial charge in [0.1, 0.15) is 18.4 Å². The van der Waals surface area contributed by atoms with E-state index >= 15 is 0 Å². The molecule has 0 spiro atoms. The average molecular weight is 279 g/mol. The monoisotopic (exact) mass is 279 g/mol. The topological polar surface area (TPSA) is 47.6 Å². The van der Waals surface area contributed by atoms with Crippen LogP contribution in [0.5, 0.6) is 5.75 Å². The van der Waals surface area contributed by atoms with E-state index in [0.717, 1.165) is 11.3 Å². The molecule has 20 heavy (non-hydrogen) atoms. The highest BCUT2D eigenvalue weighted by molar-refractivity contribution is 5.75.